The Labute approximate surface area is 128 Å². The van der Waals surface area contributed by atoms with Gasteiger partial charge in [0.25, 0.3) is 0 Å². The molecule has 0 saturated carbocycles. The molecule has 7 heteroatoms. The third-order valence-electron chi connectivity index (χ3n) is 3.40. The van der Waals surface area contributed by atoms with Crippen molar-refractivity contribution in [2.45, 2.75) is 18.9 Å². The fourth-order valence-electron chi connectivity index (χ4n) is 2.49. The fraction of sp³-hybridized carbons (Fsp3) is 0.429. The second-order valence-corrected chi connectivity index (χ2v) is 4.85. The van der Waals surface area contributed by atoms with Crippen molar-refractivity contribution in [3.63, 3.8) is 0 Å². The van der Waals surface area contributed by atoms with Gasteiger partial charge in [0, 0.05) is 6.04 Å². The van der Waals surface area contributed by atoms with Gasteiger partial charge in [-0.2, -0.15) is 0 Å². The van der Waals surface area contributed by atoms with E-state index in [-0.39, 0.29) is 43.3 Å². The first-order valence-corrected chi connectivity index (χ1v) is 6.54. The highest BCUT2D eigenvalue weighted by atomic mass is 35.5. The van der Waals surface area contributed by atoms with E-state index in [1.807, 2.05) is 4.90 Å². The number of hydrogen-bond donors (Lipinski definition) is 2. The van der Waals surface area contributed by atoms with Crippen LogP contribution in [0.3, 0.4) is 0 Å². The lowest BCUT2D eigenvalue weighted by molar-refractivity contribution is -0.138. The minimum Gasteiger partial charge on any atom is -0.480 e. The van der Waals surface area contributed by atoms with Crippen molar-refractivity contribution in [2.24, 2.45) is 0 Å². The van der Waals surface area contributed by atoms with Gasteiger partial charge in [0.15, 0.2) is 0 Å². The van der Waals surface area contributed by atoms with Gasteiger partial charge in [-0.1, -0.05) is 12.1 Å². The fourth-order valence-corrected chi connectivity index (χ4v) is 2.49. The number of carbonyl (C=O) groups excluding carboxylic acids is 1. The minimum atomic E-state index is -1.06. The van der Waals surface area contributed by atoms with E-state index in [2.05, 4.69) is 5.32 Å². The number of halogens is 2. The summed E-state index contributed by atoms with van der Waals surface area (Å²) in [7, 11) is 0. The van der Waals surface area contributed by atoms with Crippen molar-refractivity contribution in [1.29, 1.82) is 0 Å². The van der Waals surface area contributed by atoms with Crippen LogP contribution in [0.2, 0.25) is 0 Å². The van der Waals surface area contributed by atoms with E-state index in [1.54, 1.807) is 12.1 Å². The van der Waals surface area contributed by atoms with Crippen molar-refractivity contribution < 1.29 is 19.1 Å². The Balaban J connectivity index is 0.00000220. The molecule has 0 bridgehead atoms. The molecule has 116 valence electrons. The van der Waals surface area contributed by atoms with Crippen molar-refractivity contribution in [3.05, 3.63) is 35.6 Å². The number of amides is 1. The molecule has 1 amide bonds. The number of likely N-dealkylation sites (tertiary alicyclic amines) is 1. The first kappa shape index (κ1) is 17.4. The maximum atomic E-state index is 12.9. The largest absolute Gasteiger partial charge is 0.480 e. The lowest BCUT2D eigenvalue weighted by Gasteiger charge is -2.24. The number of rotatable bonds is 5. The molecule has 2 N–H and O–H groups in total. The Bertz CT molecular complexity index is 495. The van der Waals surface area contributed by atoms with E-state index >= 15 is 0 Å². The number of benzene rings is 1. The standard InChI is InChI=1S/C14H17FN2O3.ClH/c15-11-5-3-10(4-6-11)12-2-1-7-17(12)9-13(18)16-8-14(19)20;/h3-6,12H,1-2,7-9H2,(H,16,18)(H,19,20);1H. The smallest absolute Gasteiger partial charge is 0.322 e. The molecule has 1 heterocycles. The van der Waals surface area contributed by atoms with Crippen molar-refractivity contribution in [2.75, 3.05) is 19.6 Å². The Morgan fingerprint density at radius 1 is 1.33 bits per heavy atom. The highest BCUT2D eigenvalue weighted by Crippen LogP contribution is 2.31. The van der Waals surface area contributed by atoms with Gasteiger partial charge in [0.2, 0.25) is 5.91 Å². The molecule has 1 aliphatic heterocycles. The van der Waals surface area contributed by atoms with Crippen LogP contribution in [-0.4, -0.2) is 41.5 Å². The average Bonchev–Trinajstić information content (AvgIpc) is 2.85. The van der Waals surface area contributed by atoms with Crippen LogP contribution in [0.25, 0.3) is 0 Å². The number of nitrogens with zero attached hydrogens (tertiary/aromatic N) is 1. The van der Waals surface area contributed by atoms with Gasteiger partial charge in [-0.15, -0.1) is 12.4 Å². The van der Waals surface area contributed by atoms with E-state index in [0.717, 1.165) is 24.9 Å². The summed E-state index contributed by atoms with van der Waals surface area (Å²) in [5, 5.41) is 10.9. The Morgan fingerprint density at radius 3 is 2.62 bits per heavy atom. The van der Waals surface area contributed by atoms with Gasteiger partial charge in [-0.05, 0) is 37.1 Å². The van der Waals surface area contributed by atoms with Crippen LogP contribution < -0.4 is 5.32 Å². The van der Waals surface area contributed by atoms with Crippen LogP contribution in [0, 0.1) is 5.82 Å². The summed E-state index contributed by atoms with van der Waals surface area (Å²) in [5.41, 5.74) is 0.981. The second kappa shape index (κ2) is 7.95. The van der Waals surface area contributed by atoms with Crippen molar-refractivity contribution >= 4 is 24.3 Å². The zero-order valence-electron chi connectivity index (χ0n) is 11.4. The molecule has 5 nitrogen and oxygen atoms in total. The van der Waals surface area contributed by atoms with Crippen molar-refractivity contribution in [1.82, 2.24) is 10.2 Å². The number of hydrogen-bond acceptors (Lipinski definition) is 3. The number of aliphatic carboxylic acids is 1. The van der Waals surface area contributed by atoms with Crippen LogP contribution >= 0.6 is 12.4 Å². The lowest BCUT2D eigenvalue weighted by atomic mass is 10.0. The van der Waals surface area contributed by atoms with Gasteiger partial charge in [-0.3, -0.25) is 14.5 Å². The van der Waals surface area contributed by atoms with Crippen molar-refractivity contribution in [3.8, 4) is 0 Å². The summed E-state index contributed by atoms with van der Waals surface area (Å²) in [6.45, 7) is 0.575. The predicted molar refractivity (Wildman–Crippen MR) is 77.8 cm³/mol. The summed E-state index contributed by atoms with van der Waals surface area (Å²) in [6.07, 6.45) is 1.88. The number of carboxylic acid groups (broad SMARTS) is 1. The molecule has 1 aromatic rings. The first-order chi connectivity index (χ1) is 9.56. The third-order valence-corrected chi connectivity index (χ3v) is 3.40. The summed E-state index contributed by atoms with van der Waals surface area (Å²) in [6, 6.07) is 6.37. The van der Waals surface area contributed by atoms with Gasteiger partial charge < -0.3 is 10.4 Å². The zero-order valence-corrected chi connectivity index (χ0v) is 12.2. The third kappa shape index (κ3) is 4.99. The molecule has 0 aliphatic carbocycles. The molecule has 1 saturated heterocycles. The van der Waals surface area contributed by atoms with Crippen LogP contribution in [0.4, 0.5) is 4.39 Å². The molecule has 0 aromatic heterocycles. The number of carboxylic acids is 1. The summed E-state index contributed by atoms with van der Waals surface area (Å²) in [5.74, 6) is -1.64. The monoisotopic (exact) mass is 316 g/mol. The molecule has 0 spiro atoms. The molecule has 1 fully saturated rings. The summed E-state index contributed by atoms with van der Waals surface area (Å²) >= 11 is 0. The van der Waals surface area contributed by atoms with Gasteiger partial charge in [0.05, 0.1) is 6.54 Å². The molecular weight excluding hydrogens is 299 g/mol. The maximum absolute atomic E-state index is 12.9. The van der Waals surface area contributed by atoms with Crippen LogP contribution in [0.1, 0.15) is 24.4 Å². The molecule has 1 aliphatic rings. The molecule has 1 unspecified atom stereocenters. The Morgan fingerprint density at radius 2 is 2.00 bits per heavy atom. The number of nitrogens with one attached hydrogen (secondary N) is 1. The normalized spacial score (nSPS) is 18.0. The molecule has 2 rings (SSSR count). The van der Waals surface area contributed by atoms with E-state index in [4.69, 9.17) is 5.11 Å². The van der Waals surface area contributed by atoms with E-state index in [0.29, 0.717) is 0 Å². The first-order valence-electron chi connectivity index (χ1n) is 6.54. The van der Waals surface area contributed by atoms with Gasteiger partial charge >= 0.3 is 5.97 Å². The maximum Gasteiger partial charge on any atom is 0.322 e. The Kier molecular flexibility index (Phi) is 6.58. The molecule has 1 aromatic carbocycles. The van der Waals surface area contributed by atoms with Crippen LogP contribution in [0.15, 0.2) is 24.3 Å². The summed E-state index contributed by atoms with van der Waals surface area (Å²) in [4.78, 5) is 24.0. The van der Waals surface area contributed by atoms with E-state index in [1.165, 1.54) is 12.1 Å². The number of carbonyl (C=O) groups is 2. The van der Waals surface area contributed by atoms with E-state index in [9.17, 15) is 14.0 Å². The molecule has 21 heavy (non-hydrogen) atoms. The molecule has 0 radical (unpaired) electrons. The minimum absolute atomic E-state index is 0. The van der Waals surface area contributed by atoms with Crippen LogP contribution in [0.5, 0.6) is 0 Å². The predicted octanol–water partition coefficient (Wildman–Crippen LogP) is 1.59. The average molecular weight is 317 g/mol. The topological polar surface area (TPSA) is 69.6 Å². The molecular formula is C14H18ClFN2O3. The highest BCUT2D eigenvalue weighted by Gasteiger charge is 2.27. The van der Waals surface area contributed by atoms with Gasteiger partial charge in [0.1, 0.15) is 12.4 Å². The SMILES string of the molecule is Cl.O=C(O)CNC(=O)CN1CCCC1c1ccc(F)cc1. The lowest BCUT2D eigenvalue weighted by Crippen LogP contribution is -2.39. The van der Waals surface area contributed by atoms with Gasteiger partial charge in [-0.25, -0.2) is 4.39 Å². The second-order valence-electron chi connectivity index (χ2n) is 4.85. The summed E-state index contributed by atoms with van der Waals surface area (Å²) < 4.78 is 12.9. The highest BCUT2D eigenvalue weighted by molar-refractivity contribution is 5.85. The van der Waals surface area contributed by atoms with Crippen LogP contribution in [-0.2, 0) is 9.59 Å². The van der Waals surface area contributed by atoms with E-state index < -0.39 is 5.97 Å². The quantitative estimate of drug-likeness (QED) is 0.865. The zero-order chi connectivity index (χ0) is 14.5. The Hall–Kier alpha value is -1.66. The molecule has 1 atom stereocenters.